The van der Waals surface area contributed by atoms with E-state index >= 15 is 0 Å². The van der Waals surface area contributed by atoms with Gasteiger partial charge in [0.1, 0.15) is 5.52 Å². The number of nitrogen functional groups attached to an aromatic ring is 1. The van der Waals surface area contributed by atoms with E-state index in [-0.39, 0.29) is 0 Å². The van der Waals surface area contributed by atoms with Gasteiger partial charge in [-0.3, -0.25) is 4.68 Å². The first-order valence-electron chi connectivity index (χ1n) is 6.31. The van der Waals surface area contributed by atoms with E-state index in [2.05, 4.69) is 22.1 Å². The summed E-state index contributed by atoms with van der Waals surface area (Å²) in [7, 11) is 3.78. The average molecular weight is 259 g/mol. The number of fused-ring (bicyclic) bond motifs is 1. The largest absolute Gasteiger partial charge is 0.369 e. The number of nitrogens with zero attached hydrogens (tertiary/aromatic N) is 6. The second kappa shape index (κ2) is 4.11. The van der Waals surface area contributed by atoms with Crippen LogP contribution >= 0.6 is 0 Å². The number of aryl methyl sites for hydroxylation is 3. The summed E-state index contributed by atoms with van der Waals surface area (Å²) in [6.45, 7) is 2.12. The molecule has 7 nitrogen and oxygen atoms in total. The van der Waals surface area contributed by atoms with Gasteiger partial charge in [-0.05, 0) is 6.42 Å². The van der Waals surface area contributed by atoms with Crippen LogP contribution in [0, 0.1) is 0 Å². The Labute approximate surface area is 110 Å². The molecule has 3 aromatic heterocycles. The van der Waals surface area contributed by atoms with E-state index in [0.29, 0.717) is 5.95 Å². The second-order valence-corrected chi connectivity index (χ2v) is 4.65. The van der Waals surface area contributed by atoms with Gasteiger partial charge in [0.05, 0.1) is 5.69 Å². The molecule has 2 N–H and O–H groups in total. The predicted molar refractivity (Wildman–Crippen MR) is 73.0 cm³/mol. The lowest BCUT2D eigenvalue weighted by atomic mass is 10.2. The zero-order valence-electron chi connectivity index (χ0n) is 11.3. The van der Waals surface area contributed by atoms with E-state index in [1.54, 1.807) is 4.68 Å². The SMILES string of the molecule is CCCc1nn(C)c2c1nc(N)n2-c1ccn(C)n1. The normalized spacial score (nSPS) is 11.5. The van der Waals surface area contributed by atoms with Crippen molar-refractivity contribution in [1.29, 1.82) is 0 Å². The van der Waals surface area contributed by atoms with Crippen molar-refractivity contribution in [3.63, 3.8) is 0 Å². The van der Waals surface area contributed by atoms with Crippen LogP contribution in [0.2, 0.25) is 0 Å². The van der Waals surface area contributed by atoms with Crippen LogP contribution in [0.1, 0.15) is 19.0 Å². The molecule has 3 rings (SSSR count). The molecule has 0 atom stereocenters. The molecule has 0 fully saturated rings. The van der Waals surface area contributed by atoms with Crippen LogP contribution in [0.4, 0.5) is 5.95 Å². The molecule has 0 aliphatic carbocycles. The number of hydrogen-bond donors (Lipinski definition) is 1. The standard InChI is InChI=1S/C12H17N7/c1-4-5-8-10-11(18(3)15-8)19(12(13)14-10)9-6-7-17(2)16-9/h6-7H,4-5H2,1-3H3,(H2,13,14). The van der Waals surface area contributed by atoms with Gasteiger partial charge in [-0.15, -0.1) is 0 Å². The summed E-state index contributed by atoms with van der Waals surface area (Å²) in [5.74, 6) is 1.20. The number of rotatable bonds is 3. The lowest BCUT2D eigenvalue weighted by molar-refractivity contribution is 0.725. The number of imidazole rings is 1. The van der Waals surface area contributed by atoms with Crippen molar-refractivity contribution < 1.29 is 0 Å². The Morgan fingerprint density at radius 3 is 2.68 bits per heavy atom. The van der Waals surface area contributed by atoms with Crippen molar-refractivity contribution in [2.45, 2.75) is 19.8 Å². The zero-order chi connectivity index (χ0) is 13.6. The monoisotopic (exact) mass is 259 g/mol. The summed E-state index contributed by atoms with van der Waals surface area (Å²) in [5.41, 5.74) is 8.78. The summed E-state index contributed by atoms with van der Waals surface area (Å²) in [6.07, 6.45) is 3.81. The van der Waals surface area contributed by atoms with Crippen LogP contribution in [-0.2, 0) is 20.5 Å². The first-order chi connectivity index (χ1) is 9.11. The minimum atomic E-state index is 0.444. The highest BCUT2D eigenvalue weighted by Crippen LogP contribution is 2.24. The van der Waals surface area contributed by atoms with Crippen molar-refractivity contribution in [2.75, 3.05) is 5.73 Å². The Bertz CT molecular complexity index is 731. The van der Waals surface area contributed by atoms with E-state index in [1.165, 1.54) is 0 Å². The van der Waals surface area contributed by atoms with Crippen molar-refractivity contribution in [3.05, 3.63) is 18.0 Å². The van der Waals surface area contributed by atoms with Gasteiger partial charge in [0.25, 0.3) is 0 Å². The molecule has 0 radical (unpaired) electrons. The van der Waals surface area contributed by atoms with Crippen LogP contribution in [0.15, 0.2) is 12.3 Å². The average Bonchev–Trinajstić information content (AvgIpc) is 2.98. The quantitative estimate of drug-likeness (QED) is 0.761. The van der Waals surface area contributed by atoms with E-state index in [1.807, 2.05) is 35.6 Å². The predicted octanol–water partition coefficient (Wildman–Crippen LogP) is 1.03. The topological polar surface area (TPSA) is 79.5 Å². The maximum Gasteiger partial charge on any atom is 0.208 e. The molecule has 0 amide bonds. The Morgan fingerprint density at radius 1 is 1.26 bits per heavy atom. The molecule has 19 heavy (non-hydrogen) atoms. The van der Waals surface area contributed by atoms with Gasteiger partial charge in [0, 0.05) is 26.4 Å². The fraction of sp³-hybridized carbons (Fsp3) is 0.417. The minimum Gasteiger partial charge on any atom is -0.369 e. The van der Waals surface area contributed by atoms with E-state index in [9.17, 15) is 0 Å². The molecular formula is C12H17N7. The van der Waals surface area contributed by atoms with E-state index in [4.69, 9.17) is 5.73 Å². The highest BCUT2D eigenvalue weighted by molar-refractivity contribution is 5.79. The van der Waals surface area contributed by atoms with Crippen LogP contribution in [0.5, 0.6) is 0 Å². The van der Waals surface area contributed by atoms with Gasteiger partial charge in [-0.2, -0.15) is 10.2 Å². The van der Waals surface area contributed by atoms with Gasteiger partial charge in [0.15, 0.2) is 11.5 Å². The molecule has 0 aromatic carbocycles. The summed E-state index contributed by atoms with van der Waals surface area (Å²) in [6, 6.07) is 1.91. The molecule has 7 heteroatoms. The summed E-state index contributed by atoms with van der Waals surface area (Å²) in [4.78, 5) is 4.45. The minimum absolute atomic E-state index is 0.444. The van der Waals surface area contributed by atoms with Crippen molar-refractivity contribution in [2.24, 2.45) is 14.1 Å². The molecule has 0 aliphatic heterocycles. The maximum atomic E-state index is 6.03. The molecular weight excluding hydrogens is 242 g/mol. The van der Waals surface area contributed by atoms with E-state index < -0.39 is 0 Å². The molecule has 0 spiro atoms. The van der Waals surface area contributed by atoms with Crippen molar-refractivity contribution in [1.82, 2.24) is 29.1 Å². The van der Waals surface area contributed by atoms with Gasteiger partial charge in [-0.25, -0.2) is 14.2 Å². The molecule has 0 saturated carbocycles. The molecule has 0 bridgehead atoms. The molecule has 0 unspecified atom stereocenters. The lowest BCUT2D eigenvalue weighted by Gasteiger charge is -2.02. The van der Waals surface area contributed by atoms with Gasteiger partial charge < -0.3 is 5.73 Å². The highest BCUT2D eigenvalue weighted by Gasteiger charge is 2.19. The Kier molecular flexibility index (Phi) is 2.55. The zero-order valence-corrected chi connectivity index (χ0v) is 11.3. The summed E-state index contributed by atoms with van der Waals surface area (Å²) in [5, 5.41) is 8.90. The van der Waals surface area contributed by atoms with Crippen LogP contribution in [-0.4, -0.2) is 29.1 Å². The molecule has 0 saturated heterocycles. The van der Waals surface area contributed by atoms with Crippen LogP contribution in [0.3, 0.4) is 0 Å². The third-order valence-electron chi connectivity index (χ3n) is 3.15. The van der Waals surface area contributed by atoms with E-state index in [0.717, 1.165) is 35.5 Å². The number of nitrogens with two attached hydrogens (primary N) is 1. The van der Waals surface area contributed by atoms with Crippen molar-refractivity contribution >= 4 is 17.1 Å². The van der Waals surface area contributed by atoms with Gasteiger partial charge in [-0.1, -0.05) is 13.3 Å². The molecule has 100 valence electrons. The Hall–Kier alpha value is -2.31. The molecule has 3 aromatic rings. The molecule has 0 aliphatic rings. The Balaban J connectivity index is 2.27. The van der Waals surface area contributed by atoms with Gasteiger partial charge >= 0.3 is 0 Å². The second-order valence-electron chi connectivity index (χ2n) is 4.65. The fourth-order valence-electron chi connectivity index (χ4n) is 2.35. The first kappa shape index (κ1) is 11.8. The Morgan fingerprint density at radius 2 is 2.05 bits per heavy atom. The van der Waals surface area contributed by atoms with Crippen molar-refractivity contribution in [3.8, 4) is 5.82 Å². The maximum absolute atomic E-state index is 6.03. The number of hydrogen-bond acceptors (Lipinski definition) is 4. The fourth-order valence-corrected chi connectivity index (χ4v) is 2.35. The number of aromatic nitrogens is 6. The summed E-state index contributed by atoms with van der Waals surface area (Å²) < 4.78 is 5.39. The lowest BCUT2D eigenvalue weighted by Crippen LogP contribution is -2.06. The summed E-state index contributed by atoms with van der Waals surface area (Å²) >= 11 is 0. The van der Waals surface area contributed by atoms with Gasteiger partial charge in [0.2, 0.25) is 5.95 Å². The van der Waals surface area contributed by atoms with Crippen LogP contribution < -0.4 is 5.73 Å². The smallest absolute Gasteiger partial charge is 0.208 e. The first-order valence-corrected chi connectivity index (χ1v) is 6.31. The third kappa shape index (κ3) is 1.69. The highest BCUT2D eigenvalue weighted by atomic mass is 15.4. The molecule has 3 heterocycles. The van der Waals surface area contributed by atoms with Crippen LogP contribution in [0.25, 0.3) is 17.0 Å². The third-order valence-corrected chi connectivity index (χ3v) is 3.15. The number of anilines is 1.